The van der Waals surface area contributed by atoms with Gasteiger partial charge in [0.2, 0.25) is 0 Å². The first-order chi connectivity index (χ1) is 18.1. The van der Waals surface area contributed by atoms with E-state index in [2.05, 4.69) is 15.3 Å². The lowest BCUT2D eigenvalue weighted by atomic mass is 9.94. The number of aryl methyl sites for hydroxylation is 1. The molecule has 1 fully saturated rings. The molecule has 1 aliphatic heterocycles. The van der Waals surface area contributed by atoms with Gasteiger partial charge in [0.25, 0.3) is 5.91 Å². The number of imidazole rings is 1. The van der Waals surface area contributed by atoms with E-state index in [0.717, 1.165) is 18.3 Å². The number of nitrogens with zero attached hydrogens (tertiary/aromatic N) is 3. The van der Waals surface area contributed by atoms with Crippen molar-refractivity contribution in [3.63, 3.8) is 0 Å². The summed E-state index contributed by atoms with van der Waals surface area (Å²) < 4.78 is 60.6. The summed E-state index contributed by atoms with van der Waals surface area (Å²) in [5, 5.41) is 2.96. The standard InChI is InChI=1S/C27H25F3N4O4/c1-16-23(25(35)33-27(14-37-26(2,3)38-15-27)22-10-9-17(28)12-31-22)34-11-5-8-21(24(34)32-16)36-13-18-19(29)6-4-7-20(18)30/h4-12H,13-15H2,1-3H3,(H,33,35). The van der Waals surface area contributed by atoms with Crippen LogP contribution in [0, 0.1) is 24.4 Å². The van der Waals surface area contributed by atoms with E-state index in [1.165, 1.54) is 22.6 Å². The average molecular weight is 527 g/mol. The maximum absolute atomic E-state index is 14.1. The molecule has 5 rings (SSSR count). The lowest BCUT2D eigenvalue weighted by Crippen LogP contribution is -2.59. The van der Waals surface area contributed by atoms with Crippen molar-refractivity contribution in [2.24, 2.45) is 0 Å². The highest BCUT2D eigenvalue weighted by Gasteiger charge is 2.44. The zero-order chi connectivity index (χ0) is 27.1. The average Bonchev–Trinajstić information content (AvgIpc) is 3.22. The number of ether oxygens (including phenoxy) is 3. The predicted octanol–water partition coefficient (Wildman–Crippen LogP) is 4.44. The molecule has 0 unspecified atom stereocenters. The first-order valence-electron chi connectivity index (χ1n) is 11.8. The first kappa shape index (κ1) is 25.7. The Labute approximate surface area is 216 Å². The van der Waals surface area contributed by atoms with Crippen LogP contribution in [-0.2, 0) is 21.6 Å². The fraction of sp³-hybridized carbons (Fsp3) is 0.296. The predicted molar refractivity (Wildman–Crippen MR) is 130 cm³/mol. The summed E-state index contributed by atoms with van der Waals surface area (Å²) in [6.07, 6.45) is 2.69. The van der Waals surface area contributed by atoms with Crippen LogP contribution < -0.4 is 10.1 Å². The minimum Gasteiger partial charge on any atom is -0.485 e. The van der Waals surface area contributed by atoms with E-state index in [1.807, 2.05) is 0 Å². The first-order valence-corrected chi connectivity index (χ1v) is 11.8. The number of carbonyl (C=O) groups is 1. The summed E-state index contributed by atoms with van der Waals surface area (Å²) in [6, 6.07) is 9.51. The van der Waals surface area contributed by atoms with Crippen LogP contribution in [0.2, 0.25) is 0 Å². The molecule has 0 saturated carbocycles. The monoisotopic (exact) mass is 526 g/mol. The Kier molecular flexibility index (Phi) is 6.58. The van der Waals surface area contributed by atoms with Crippen molar-refractivity contribution in [3.8, 4) is 5.75 Å². The molecule has 0 spiro atoms. The molecule has 3 aromatic heterocycles. The van der Waals surface area contributed by atoms with Gasteiger partial charge in [0.1, 0.15) is 35.3 Å². The normalized spacial score (nSPS) is 16.4. The highest BCUT2D eigenvalue weighted by molar-refractivity contribution is 5.95. The number of benzene rings is 1. The van der Waals surface area contributed by atoms with E-state index < -0.39 is 34.7 Å². The fourth-order valence-electron chi connectivity index (χ4n) is 4.26. The summed E-state index contributed by atoms with van der Waals surface area (Å²) in [5.74, 6) is -3.12. The van der Waals surface area contributed by atoms with E-state index in [1.54, 1.807) is 39.1 Å². The highest BCUT2D eigenvalue weighted by Crippen LogP contribution is 2.31. The molecule has 0 radical (unpaired) electrons. The molecule has 0 aliphatic carbocycles. The van der Waals surface area contributed by atoms with Crippen molar-refractivity contribution in [1.29, 1.82) is 0 Å². The van der Waals surface area contributed by atoms with Gasteiger partial charge < -0.3 is 19.5 Å². The lowest BCUT2D eigenvalue weighted by Gasteiger charge is -2.43. The minimum atomic E-state index is -1.20. The molecule has 1 saturated heterocycles. The topological polar surface area (TPSA) is 87.0 Å². The van der Waals surface area contributed by atoms with Crippen molar-refractivity contribution < 1.29 is 32.2 Å². The van der Waals surface area contributed by atoms with Crippen molar-refractivity contribution >= 4 is 11.6 Å². The second kappa shape index (κ2) is 9.73. The van der Waals surface area contributed by atoms with Crippen molar-refractivity contribution in [1.82, 2.24) is 19.7 Å². The third-order valence-electron chi connectivity index (χ3n) is 6.34. The van der Waals surface area contributed by atoms with E-state index >= 15 is 0 Å². The molecule has 0 bridgehead atoms. The number of rotatable bonds is 6. The van der Waals surface area contributed by atoms with Gasteiger partial charge >= 0.3 is 0 Å². The smallest absolute Gasteiger partial charge is 0.271 e. The number of fused-ring (bicyclic) bond motifs is 1. The fourth-order valence-corrected chi connectivity index (χ4v) is 4.26. The van der Waals surface area contributed by atoms with Crippen molar-refractivity contribution in [2.45, 2.75) is 38.7 Å². The molecule has 1 aliphatic rings. The van der Waals surface area contributed by atoms with Crippen LogP contribution in [0.3, 0.4) is 0 Å². The van der Waals surface area contributed by atoms with Gasteiger partial charge in [-0.05, 0) is 57.2 Å². The second-order valence-electron chi connectivity index (χ2n) is 9.48. The van der Waals surface area contributed by atoms with Crippen LogP contribution in [0.4, 0.5) is 13.2 Å². The van der Waals surface area contributed by atoms with Crippen molar-refractivity contribution in [3.05, 3.63) is 95.0 Å². The van der Waals surface area contributed by atoms with E-state index in [0.29, 0.717) is 11.4 Å². The highest BCUT2D eigenvalue weighted by atomic mass is 19.1. The van der Waals surface area contributed by atoms with Gasteiger partial charge in [0.15, 0.2) is 17.2 Å². The van der Waals surface area contributed by atoms with Gasteiger partial charge in [-0.2, -0.15) is 0 Å². The molecule has 4 heterocycles. The van der Waals surface area contributed by atoms with Gasteiger partial charge in [-0.15, -0.1) is 0 Å². The molecule has 4 aromatic rings. The molecule has 1 N–H and O–H groups in total. The third-order valence-corrected chi connectivity index (χ3v) is 6.34. The van der Waals surface area contributed by atoms with Gasteiger partial charge in [-0.3, -0.25) is 14.2 Å². The number of hydrogen-bond donors (Lipinski definition) is 1. The summed E-state index contributed by atoms with van der Waals surface area (Å²) in [4.78, 5) is 22.3. The molecule has 8 nitrogen and oxygen atoms in total. The van der Waals surface area contributed by atoms with Gasteiger partial charge in [-0.1, -0.05) is 6.07 Å². The molecule has 0 atom stereocenters. The quantitative estimate of drug-likeness (QED) is 0.400. The van der Waals surface area contributed by atoms with Crippen LogP contribution >= 0.6 is 0 Å². The lowest BCUT2D eigenvalue weighted by molar-refractivity contribution is -0.272. The summed E-state index contributed by atoms with van der Waals surface area (Å²) in [5.41, 5.74) is -0.175. The number of hydrogen-bond acceptors (Lipinski definition) is 6. The van der Waals surface area contributed by atoms with Crippen LogP contribution in [-0.4, -0.2) is 39.3 Å². The summed E-state index contributed by atoms with van der Waals surface area (Å²) in [7, 11) is 0. The number of aromatic nitrogens is 3. The van der Waals surface area contributed by atoms with Crippen LogP contribution in [0.5, 0.6) is 5.75 Å². The zero-order valence-corrected chi connectivity index (χ0v) is 20.9. The Morgan fingerprint density at radius 3 is 2.45 bits per heavy atom. The Hall–Kier alpha value is -3.96. The third kappa shape index (κ3) is 4.82. The molecule has 198 valence electrons. The summed E-state index contributed by atoms with van der Waals surface area (Å²) in [6.45, 7) is 4.85. The van der Waals surface area contributed by atoms with Crippen molar-refractivity contribution in [2.75, 3.05) is 13.2 Å². The van der Waals surface area contributed by atoms with Crippen LogP contribution in [0.1, 0.15) is 41.3 Å². The Balaban J connectivity index is 1.46. The SMILES string of the molecule is Cc1nc2c(OCc3c(F)cccc3F)cccn2c1C(=O)NC1(c2ccc(F)cn2)COC(C)(C)OC1. The molecular formula is C27H25F3N4O4. The summed E-state index contributed by atoms with van der Waals surface area (Å²) >= 11 is 0. The van der Waals surface area contributed by atoms with Gasteiger partial charge in [0.05, 0.1) is 36.4 Å². The second-order valence-corrected chi connectivity index (χ2v) is 9.48. The molecule has 11 heteroatoms. The minimum absolute atomic E-state index is 0.0305. The number of halogens is 3. The van der Waals surface area contributed by atoms with E-state index in [-0.39, 0.29) is 42.5 Å². The van der Waals surface area contributed by atoms with Crippen LogP contribution in [0.15, 0.2) is 54.9 Å². The molecule has 1 amide bonds. The van der Waals surface area contributed by atoms with Crippen LogP contribution in [0.25, 0.3) is 5.65 Å². The number of amides is 1. The van der Waals surface area contributed by atoms with Gasteiger partial charge in [0, 0.05) is 6.20 Å². The zero-order valence-electron chi connectivity index (χ0n) is 20.9. The molecular weight excluding hydrogens is 501 g/mol. The van der Waals surface area contributed by atoms with Gasteiger partial charge in [-0.25, -0.2) is 18.2 Å². The Bertz CT molecular complexity index is 1470. The number of pyridine rings is 2. The Morgan fingerprint density at radius 2 is 1.79 bits per heavy atom. The Morgan fingerprint density at radius 1 is 1.08 bits per heavy atom. The number of carbonyl (C=O) groups excluding carboxylic acids is 1. The van der Waals surface area contributed by atoms with E-state index in [9.17, 15) is 18.0 Å². The molecule has 38 heavy (non-hydrogen) atoms. The maximum Gasteiger partial charge on any atom is 0.271 e. The maximum atomic E-state index is 14.1. The largest absolute Gasteiger partial charge is 0.485 e. The van der Waals surface area contributed by atoms with E-state index in [4.69, 9.17) is 14.2 Å². The number of nitrogens with one attached hydrogen (secondary N) is 1. The molecule has 1 aromatic carbocycles.